The van der Waals surface area contributed by atoms with E-state index in [0.717, 1.165) is 35.8 Å². The molecule has 2 N–H and O–H groups in total. The van der Waals surface area contributed by atoms with Crippen molar-refractivity contribution in [1.29, 1.82) is 0 Å². The molecule has 1 saturated heterocycles. The minimum atomic E-state index is -0.282. The molecule has 1 heterocycles. The van der Waals surface area contributed by atoms with Gasteiger partial charge in [0.05, 0.1) is 31.7 Å². The zero-order chi connectivity index (χ0) is 18.2. The second kappa shape index (κ2) is 8.92. The number of hydrogen-bond donors (Lipinski definition) is 2. The Kier molecular flexibility index (Phi) is 6.11. The van der Waals surface area contributed by atoms with Gasteiger partial charge in [-0.1, -0.05) is 24.3 Å². The fourth-order valence-electron chi connectivity index (χ4n) is 2.75. The van der Waals surface area contributed by atoms with E-state index < -0.39 is 0 Å². The van der Waals surface area contributed by atoms with Crippen LogP contribution in [0.1, 0.15) is 5.56 Å². The molecular formula is C20H23N3O3. The van der Waals surface area contributed by atoms with Crippen LogP contribution in [0.5, 0.6) is 5.75 Å². The average molecular weight is 353 g/mol. The number of nitrogens with one attached hydrogen (secondary N) is 2. The molecule has 1 fully saturated rings. The van der Waals surface area contributed by atoms with Gasteiger partial charge < -0.3 is 25.0 Å². The molecule has 0 aromatic heterocycles. The lowest BCUT2D eigenvalue weighted by Crippen LogP contribution is -2.37. The van der Waals surface area contributed by atoms with E-state index in [4.69, 9.17) is 9.47 Å². The van der Waals surface area contributed by atoms with E-state index in [9.17, 15) is 4.79 Å². The van der Waals surface area contributed by atoms with Crippen molar-refractivity contribution >= 4 is 23.5 Å². The number of carbonyl (C=O) groups excluding carboxylic acids is 1. The summed E-state index contributed by atoms with van der Waals surface area (Å²) >= 11 is 0. The summed E-state index contributed by atoms with van der Waals surface area (Å²) in [5, 5.41) is 5.64. The number of amides is 2. The van der Waals surface area contributed by atoms with Gasteiger partial charge >= 0.3 is 6.03 Å². The van der Waals surface area contributed by atoms with Gasteiger partial charge in [-0.15, -0.1) is 0 Å². The van der Waals surface area contributed by atoms with Crippen LogP contribution < -0.4 is 20.3 Å². The summed E-state index contributed by atoms with van der Waals surface area (Å²) in [5.41, 5.74) is 2.76. The molecule has 3 rings (SSSR count). The van der Waals surface area contributed by atoms with Crippen LogP contribution in [0.4, 0.5) is 16.2 Å². The second-order valence-electron chi connectivity index (χ2n) is 5.82. The summed E-state index contributed by atoms with van der Waals surface area (Å²) in [6, 6.07) is 15.1. The number of morpholine rings is 1. The first-order chi connectivity index (χ1) is 12.8. The van der Waals surface area contributed by atoms with Crippen LogP contribution in [0.3, 0.4) is 0 Å². The van der Waals surface area contributed by atoms with Crippen LogP contribution in [0.15, 0.2) is 54.7 Å². The van der Waals surface area contributed by atoms with Crippen LogP contribution in [-0.2, 0) is 4.74 Å². The lowest BCUT2D eigenvalue weighted by Gasteiger charge is -2.30. The maximum atomic E-state index is 12.2. The molecule has 6 heteroatoms. The molecule has 0 spiro atoms. The molecular weight excluding hydrogens is 330 g/mol. The van der Waals surface area contributed by atoms with Gasteiger partial charge in [0.2, 0.25) is 0 Å². The predicted octanol–water partition coefficient (Wildman–Crippen LogP) is 3.32. The van der Waals surface area contributed by atoms with Crippen molar-refractivity contribution < 1.29 is 14.3 Å². The first-order valence-electron chi connectivity index (χ1n) is 8.56. The number of nitrogens with zero attached hydrogens (tertiary/aromatic N) is 1. The Hall–Kier alpha value is -2.99. The molecule has 0 atom stereocenters. The van der Waals surface area contributed by atoms with E-state index in [1.165, 1.54) is 0 Å². The SMILES string of the molecule is COc1ccc(/C=C/NC(=O)Nc2ccccc2N2CCOCC2)cc1. The highest BCUT2D eigenvalue weighted by Crippen LogP contribution is 2.26. The van der Waals surface area contributed by atoms with E-state index in [1.807, 2.05) is 54.6 Å². The molecule has 2 aromatic rings. The van der Waals surface area contributed by atoms with Crippen molar-refractivity contribution in [2.24, 2.45) is 0 Å². The van der Waals surface area contributed by atoms with Gasteiger partial charge in [0.25, 0.3) is 0 Å². The van der Waals surface area contributed by atoms with Gasteiger partial charge in [0.1, 0.15) is 5.75 Å². The fraction of sp³-hybridized carbons (Fsp3) is 0.250. The highest BCUT2D eigenvalue weighted by molar-refractivity contribution is 5.94. The van der Waals surface area contributed by atoms with Crippen molar-refractivity contribution in [1.82, 2.24) is 5.32 Å². The number of hydrogen-bond acceptors (Lipinski definition) is 4. The molecule has 1 aliphatic rings. The van der Waals surface area contributed by atoms with Gasteiger partial charge in [-0.25, -0.2) is 4.79 Å². The minimum Gasteiger partial charge on any atom is -0.497 e. The predicted molar refractivity (Wildman–Crippen MR) is 104 cm³/mol. The molecule has 0 bridgehead atoms. The number of urea groups is 1. The minimum absolute atomic E-state index is 0.282. The third-order valence-corrected chi connectivity index (χ3v) is 4.11. The topological polar surface area (TPSA) is 62.8 Å². The second-order valence-corrected chi connectivity index (χ2v) is 5.82. The Morgan fingerprint density at radius 1 is 1.12 bits per heavy atom. The van der Waals surface area contributed by atoms with Crippen LogP contribution in [0.25, 0.3) is 6.08 Å². The highest BCUT2D eigenvalue weighted by Gasteiger charge is 2.15. The molecule has 0 aliphatic carbocycles. The lowest BCUT2D eigenvalue weighted by atomic mass is 10.2. The van der Waals surface area contributed by atoms with E-state index in [2.05, 4.69) is 15.5 Å². The monoisotopic (exact) mass is 353 g/mol. The maximum Gasteiger partial charge on any atom is 0.323 e. The van der Waals surface area contributed by atoms with Gasteiger partial charge in [0, 0.05) is 19.3 Å². The maximum absolute atomic E-state index is 12.2. The van der Waals surface area contributed by atoms with E-state index >= 15 is 0 Å². The van der Waals surface area contributed by atoms with Gasteiger partial charge in [-0.3, -0.25) is 0 Å². The Balaban J connectivity index is 1.58. The van der Waals surface area contributed by atoms with Gasteiger partial charge in [0.15, 0.2) is 0 Å². The van der Waals surface area contributed by atoms with E-state index in [1.54, 1.807) is 13.3 Å². The first-order valence-corrected chi connectivity index (χ1v) is 8.56. The highest BCUT2D eigenvalue weighted by atomic mass is 16.5. The summed E-state index contributed by atoms with van der Waals surface area (Å²) in [4.78, 5) is 14.4. The van der Waals surface area contributed by atoms with E-state index in [-0.39, 0.29) is 6.03 Å². The molecule has 0 unspecified atom stereocenters. The smallest absolute Gasteiger partial charge is 0.323 e. The number of anilines is 2. The van der Waals surface area contributed by atoms with E-state index in [0.29, 0.717) is 13.2 Å². The summed E-state index contributed by atoms with van der Waals surface area (Å²) in [6.07, 6.45) is 3.45. The van der Waals surface area contributed by atoms with Crippen molar-refractivity contribution in [3.05, 3.63) is 60.3 Å². The average Bonchev–Trinajstić information content (AvgIpc) is 2.69. The molecule has 0 saturated carbocycles. The normalized spacial score (nSPS) is 14.3. The zero-order valence-electron chi connectivity index (χ0n) is 14.8. The van der Waals surface area contributed by atoms with Crippen molar-refractivity contribution in [2.45, 2.75) is 0 Å². The largest absolute Gasteiger partial charge is 0.497 e. The van der Waals surface area contributed by atoms with Gasteiger partial charge in [-0.05, 0) is 35.9 Å². The molecule has 6 nitrogen and oxygen atoms in total. The quantitative estimate of drug-likeness (QED) is 0.866. The zero-order valence-corrected chi connectivity index (χ0v) is 14.8. The molecule has 26 heavy (non-hydrogen) atoms. The first kappa shape index (κ1) is 17.8. The number of rotatable bonds is 5. The Labute approximate surface area is 153 Å². The van der Waals surface area contributed by atoms with Crippen molar-refractivity contribution in [3.8, 4) is 5.75 Å². The molecule has 0 radical (unpaired) electrons. The molecule has 2 amide bonds. The van der Waals surface area contributed by atoms with Crippen LogP contribution >= 0.6 is 0 Å². The summed E-state index contributed by atoms with van der Waals surface area (Å²) in [7, 11) is 1.63. The summed E-state index contributed by atoms with van der Waals surface area (Å²) < 4.78 is 10.5. The van der Waals surface area contributed by atoms with Crippen LogP contribution in [0, 0.1) is 0 Å². The summed E-state index contributed by atoms with van der Waals surface area (Å²) in [6.45, 7) is 3.03. The Morgan fingerprint density at radius 2 is 1.85 bits per heavy atom. The molecule has 2 aromatic carbocycles. The number of carbonyl (C=O) groups is 1. The molecule has 1 aliphatic heterocycles. The Morgan fingerprint density at radius 3 is 2.58 bits per heavy atom. The third-order valence-electron chi connectivity index (χ3n) is 4.11. The van der Waals surface area contributed by atoms with Crippen molar-refractivity contribution in [3.63, 3.8) is 0 Å². The number of methoxy groups -OCH3 is 1. The summed E-state index contributed by atoms with van der Waals surface area (Å²) in [5.74, 6) is 0.799. The lowest BCUT2D eigenvalue weighted by molar-refractivity contribution is 0.123. The van der Waals surface area contributed by atoms with Gasteiger partial charge in [-0.2, -0.15) is 0 Å². The Bertz CT molecular complexity index is 753. The number of ether oxygens (including phenoxy) is 2. The third kappa shape index (κ3) is 4.77. The van der Waals surface area contributed by atoms with Crippen LogP contribution in [-0.4, -0.2) is 39.4 Å². The number of para-hydroxylation sites is 2. The van der Waals surface area contributed by atoms with Crippen LogP contribution in [0.2, 0.25) is 0 Å². The number of benzene rings is 2. The molecule has 136 valence electrons. The standard InChI is InChI=1S/C20H23N3O3/c1-25-17-8-6-16(7-9-17)10-11-21-20(24)22-18-4-2-3-5-19(18)23-12-14-26-15-13-23/h2-11H,12-15H2,1H3,(H2,21,22,24)/b11-10+. The fourth-order valence-corrected chi connectivity index (χ4v) is 2.75. The van der Waals surface area contributed by atoms with Crippen molar-refractivity contribution in [2.75, 3.05) is 43.6 Å².